The largest absolute Gasteiger partial charge is 0.494 e. The van der Waals surface area contributed by atoms with Gasteiger partial charge in [0.25, 0.3) is 5.91 Å². The highest BCUT2D eigenvalue weighted by atomic mass is 35.5. The van der Waals surface area contributed by atoms with E-state index < -0.39 is 0 Å². The van der Waals surface area contributed by atoms with E-state index in [1.807, 2.05) is 36.1 Å². The van der Waals surface area contributed by atoms with Crippen molar-refractivity contribution in [1.29, 1.82) is 0 Å². The van der Waals surface area contributed by atoms with Crippen LogP contribution in [0.15, 0.2) is 42.7 Å². The number of nitrogens with zero attached hydrogens (tertiary/aromatic N) is 2. The second kappa shape index (κ2) is 7.01. The maximum atomic E-state index is 12.8. The van der Waals surface area contributed by atoms with Crippen molar-refractivity contribution in [3.05, 3.63) is 58.9 Å². The average molecular weight is 331 g/mol. The Morgan fingerprint density at radius 2 is 2.22 bits per heavy atom. The molecule has 120 valence electrons. The molecule has 1 aliphatic carbocycles. The first-order chi connectivity index (χ1) is 11.2. The van der Waals surface area contributed by atoms with Crippen molar-refractivity contribution in [3.8, 4) is 5.75 Å². The fourth-order valence-corrected chi connectivity index (χ4v) is 2.75. The molecule has 0 bridgehead atoms. The third-order valence-electron chi connectivity index (χ3n) is 3.81. The van der Waals surface area contributed by atoms with E-state index in [4.69, 9.17) is 16.3 Å². The lowest BCUT2D eigenvalue weighted by Gasteiger charge is -2.23. The summed E-state index contributed by atoms with van der Waals surface area (Å²) in [5.41, 5.74) is 1.57. The fourth-order valence-electron chi connectivity index (χ4n) is 2.55. The molecule has 1 aliphatic rings. The molecule has 1 heterocycles. The maximum Gasteiger partial charge on any atom is 0.256 e. The van der Waals surface area contributed by atoms with Gasteiger partial charge in [0.1, 0.15) is 5.75 Å². The zero-order valence-corrected chi connectivity index (χ0v) is 13.8. The van der Waals surface area contributed by atoms with Crippen molar-refractivity contribution in [1.82, 2.24) is 9.88 Å². The van der Waals surface area contributed by atoms with Gasteiger partial charge in [0, 0.05) is 25.0 Å². The number of hydrogen-bond acceptors (Lipinski definition) is 3. The molecule has 3 rings (SSSR count). The van der Waals surface area contributed by atoms with Gasteiger partial charge in [-0.3, -0.25) is 9.78 Å². The van der Waals surface area contributed by atoms with E-state index in [1.54, 1.807) is 12.3 Å². The summed E-state index contributed by atoms with van der Waals surface area (Å²) < 4.78 is 5.54. The molecule has 1 saturated carbocycles. The smallest absolute Gasteiger partial charge is 0.256 e. The number of carbonyl (C=O) groups excluding carboxylic acids is 1. The maximum absolute atomic E-state index is 12.8. The summed E-state index contributed by atoms with van der Waals surface area (Å²) in [5, 5.41) is 0.395. The van der Waals surface area contributed by atoms with Crippen LogP contribution in [0.1, 0.15) is 35.7 Å². The van der Waals surface area contributed by atoms with Crippen molar-refractivity contribution in [2.24, 2.45) is 0 Å². The minimum atomic E-state index is -0.0401. The zero-order chi connectivity index (χ0) is 16.2. The SMILES string of the molecule is CCOc1cccc(CN(C(=O)c2ccncc2Cl)C2CC2)c1. The Labute approximate surface area is 141 Å². The lowest BCUT2D eigenvalue weighted by Crippen LogP contribution is -2.32. The monoisotopic (exact) mass is 330 g/mol. The highest BCUT2D eigenvalue weighted by molar-refractivity contribution is 6.33. The van der Waals surface area contributed by atoms with Crippen LogP contribution in [0, 0.1) is 0 Å². The molecule has 23 heavy (non-hydrogen) atoms. The molecule has 0 aliphatic heterocycles. The predicted octanol–water partition coefficient (Wildman–Crippen LogP) is 3.94. The average Bonchev–Trinajstić information content (AvgIpc) is 3.38. The van der Waals surface area contributed by atoms with Gasteiger partial charge in [0.2, 0.25) is 0 Å². The molecular weight excluding hydrogens is 312 g/mol. The second-order valence-corrected chi connectivity index (χ2v) is 6.01. The highest BCUT2D eigenvalue weighted by Gasteiger charge is 2.33. The van der Waals surface area contributed by atoms with Crippen LogP contribution >= 0.6 is 11.6 Å². The van der Waals surface area contributed by atoms with E-state index >= 15 is 0 Å². The second-order valence-electron chi connectivity index (χ2n) is 5.60. The summed E-state index contributed by atoms with van der Waals surface area (Å²) in [6, 6.07) is 9.85. The van der Waals surface area contributed by atoms with Gasteiger partial charge in [0.15, 0.2) is 0 Å². The standard InChI is InChI=1S/C18H19ClN2O2/c1-2-23-15-5-3-4-13(10-15)12-21(14-6-7-14)18(22)16-8-9-20-11-17(16)19/h3-5,8-11,14H,2,6-7,12H2,1H3. The Hall–Kier alpha value is -2.07. The van der Waals surface area contributed by atoms with E-state index in [2.05, 4.69) is 4.98 Å². The molecule has 0 N–H and O–H groups in total. The minimum Gasteiger partial charge on any atom is -0.494 e. The first-order valence-electron chi connectivity index (χ1n) is 7.81. The van der Waals surface area contributed by atoms with Crippen LogP contribution in [0.2, 0.25) is 5.02 Å². The van der Waals surface area contributed by atoms with Gasteiger partial charge >= 0.3 is 0 Å². The third kappa shape index (κ3) is 3.82. The van der Waals surface area contributed by atoms with Crippen molar-refractivity contribution in [2.45, 2.75) is 32.4 Å². The lowest BCUT2D eigenvalue weighted by atomic mass is 10.1. The number of amides is 1. The Balaban J connectivity index is 1.81. The van der Waals surface area contributed by atoms with Crippen LogP contribution in [-0.2, 0) is 6.54 Å². The number of pyridine rings is 1. The quantitative estimate of drug-likeness (QED) is 0.805. The molecule has 0 saturated heterocycles. The summed E-state index contributed by atoms with van der Waals surface area (Å²) in [6.45, 7) is 3.14. The summed E-state index contributed by atoms with van der Waals surface area (Å²) in [4.78, 5) is 18.7. The van der Waals surface area contributed by atoms with Gasteiger partial charge in [0.05, 0.1) is 17.2 Å². The van der Waals surface area contributed by atoms with E-state index in [1.165, 1.54) is 6.20 Å². The van der Waals surface area contributed by atoms with Crippen molar-refractivity contribution >= 4 is 17.5 Å². The highest BCUT2D eigenvalue weighted by Crippen LogP contribution is 2.31. The Bertz CT molecular complexity index is 701. The van der Waals surface area contributed by atoms with E-state index in [-0.39, 0.29) is 5.91 Å². The molecule has 2 aromatic rings. The Morgan fingerprint density at radius 1 is 1.39 bits per heavy atom. The predicted molar refractivity (Wildman–Crippen MR) is 89.8 cm³/mol. The normalized spacial score (nSPS) is 13.7. The molecular formula is C18H19ClN2O2. The molecule has 0 atom stereocenters. The summed E-state index contributed by atoms with van der Waals surface area (Å²) in [6.07, 6.45) is 5.19. The number of aromatic nitrogens is 1. The number of hydrogen-bond donors (Lipinski definition) is 0. The van der Waals surface area contributed by atoms with Crippen LogP contribution in [0.25, 0.3) is 0 Å². The summed E-state index contributed by atoms with van der Waals surface area (Å²) in [7, 11) is 0. The molecule has 4 nitrogen and oxygen atoms in total. The van der Waals surface area contributed by atoms with E-state index in [9.17, 15) is 4.79 Å². The van der Waals surface area contributed by atoms with Crippen molar-refractivity contribution < 1.29 is 9.53 Å². The van der Waals surface area contributed by atoms with Crippen molar-refractivity contribution in [3.63, 3.8) is 0 Å². The Morgan fingerprint density at radius 3 is 2.91 bits per heavy atom. The molecule has 0 unspecified atom stereocenters. The number of halogens is 1. The summed E-state index contributed by atoms with van der Waals surface area (Å²) >= 11 is 6.13. The number of ether oxygens (including phenoxy) is 1. The number of carbonyl (C=O) groups is 1. The topological polar surface area (TPSA) is 42.4 Å². The van der Waals surface area contributed by atoms with Crippen LogP contribution in [0.5, 0.6) is 5.75 Å². The zero-order valence-electron chi connectivity index (χ0n) is 13.0. The van der Waals surface area contributed by atoms with Gasteiger partial charge in [-0.1, -0.05) is 23.7 Å². The molecule has 1 amide bonds. The molecule has 0 spiro atoms. The summed E-state index contributed by atoms with van der Waals surface area (Å²) in [5.74, 6) is 0.789. The molecule has 5 heteroatoms. The van der Waals surface area contributed by atoms with Gasteiger partial charge in [-0.2, -0.15) is 0 Å². The lowest BCUT2D eigenvalue weighted by molar-refractivity contribution is 0.0730. The van der Waals surface area contributed by atoms with Gasteiger partial charge < -0.3 is 9.64 Å². The molecule has 1 aromatic heterocycles. The first-order valence-corrected chi connectivity index (χ1v) is 8.19. The van der Waals surface area contributed by atoms with Crippen LogP contribution in [-0.4, -0.2) is 28.4 Å². The third-order valence-corrected chi connectivity index (χ3v) is 4.11. The van der Waals surface area contributed by atoms with Crippen molar-refractivity contribution in [2.75, 3.05) is 6.61 Å². The van der Waals surface area contributed by atoms with Gasteiger partial charge in [-0.15, -0.1) is 0 Å². The van der Waals surface area contributed by atoms with E-state index in [0.717, 1.165) is 24.2 Å². The van der Waals surface area contributed by atoms with Crippen LogP contribution in [0.4, 0.5) is 0 Å². The van der Waals surface area contributed by atoms with E-state index in [0.29, 0.717) is 29.8 Å². The molecule has 1 aromatic carbocycles. The van der Waals surface area contributed by atoms with Gasteiger partial charge in [-0.05, 0) is 43.5 Å². The first kappa shape index (κ1) is 15.8. The minimum absolute atomic E-state index is 0.0401. The van der Waals surface area contributed by atoms with Gasteiger partial charge in [-0.25, -0.2) is 0 Å². The van der Waals surface area contributed by atoms with Crippen LogP contribution < -0.4 is 4.74 Å². The fraction of sp³-hybridized carbons (Fsp3) is 0.333. The molecule has 1 fully saturated rings. The Kier molecular flexibility index (Phi) is 4.82. The number of benzene rings is 1. The molecule has 0 radical (unpaired) electrons. The number of rotatable bonds is 6. The van der Waals surface area contributed by atoms with Crippen LogP contribution in [0.3, 0.4) is 0 Å².